The summed E-state index contributed by atoms with van der Waals surface area (Å²) < 4.78 is 0. The van der Waals surface area contributed by atoms with E-state index < -0.39 is 5.54 Å². The standard InChI is InChI=1S/C21H24N2O2S/c1-14-9-15(2)11-16(10-14)12-26-13-19(24)23-18-8-6-5-7-17(18)22-20(25)21(23,3)4/h5-11H,12-13H2,1-4H3,(H,22,25). The zero-order valence-corrected chi connectivity index (χ0v) is 16.4. The number of rotatable bonds is 4. The van der Waals surface area contributed by atoms with Crippen molar-refractivity contribution in [3.63, 3.8) is 0 Å². The molecule has 0 saturated carbocycles. The minimum absolute atomic E-state index is 0.0494. The highest BCUT2D eigenvalue weighted by atomic mass is 32.2. The Morgan fingerprint density at radius 1 is 1.12 bits per heavy atom. The van der Waals surface area contributed by atoms with Gasteiger partial charge in [-0.05, 0) is 45.4 Å². The number of carbonyl (C=O) groups excluding carboxylic acids is 2. The van der Waals surface area contributed by atoms with E-state index in [1.807, 2.05) is 24.3 Å². The normalized spacial score (nSPS) is 15.4. The Kier molecular flexibility index (Phi) is 5.10. The summed E-state index contributed by atoms with van der Waals surface area (Å²) in [5.41, 5.74) is 4.21. The van der Waals surface area contributed by atoms with E-state index in [1.165, 1.54) is 16.7 Å². The topological polar surface area (TPSA) is 49.4 Å². The van der Waals surface area contributed by atoms with Gasteiger partial charge in [-0.3, -0.25) is 14.5 Å². The number of anilines is 2. The molecule has 1 aliphatic heterocycles. The summed E-state index contributed by atoms with van der Waals surface area (Å²) in [7, 11) is 0. The molecule has 26 heavy (non-hydrogen) atoms. The number of hydrogen-bond donors (Lipinski definition) is 1. The lowest BCUT2D eigenvalue weighted by Gasteiger charge is -2.42. The van der Waals surface area contributed by atoms with Crippen molar-refractivity contribution >= 4 is 35.0 Å². The average molecular weight is 369 g/mol. The molecule has 2 amide bonds. The molecule has 0 aliphatic carbocycles. The van der Waals surface area contributed by atoms with Gasteiger partial charge in [0.05, 0.1) is 17.1 Å². The highest BCUT2D eigenvalue weighted by Gasteiger charge is 2.43. The first-order valence-electron chi connectivity index (χ1n) is 8.67. The van der Waals surface area contributed by atoms with E-state index in [1.54, 1.807) is 30.5 Å². The Bertz CT molecular complexity index is 841. The molecule has 5 heteroatoms. The van der Waals surface area contributed by atoms with E-state index in [4.69, 9.17) is 0 Å². The summed E-state index contributed by atoms with van der Waals surface area (Å²) in [6.45, 7) is 7.73. The van der Waals surface area contributed by atoms with Gasteiger partial charge >= 0.3 is 0 Å². The summed E-state index contributed by atoms with van der Waals surface area (Å²) in [4.78, 5) is 27.1. The number of thioether (sulfide) groups is 1. The van der Waals surface area contributed by atoms with Gasteiger partial charge in [0.15, 0.2) is 0 Å². The van der Waals surface area contributed by atoms with Crippen LogP contribution in [-0.4, -0.2) is 23.1 Å². The Morgan fingerprint density at radius 2 is 1.77 bits per heavy atom. The summed E-state index contributed by atoms with van der Waals surface area (Å²) in [6, 6.07) is 13.9. The zero-order valence-electron chi connectivity index (χ0n) is 15.6. The first kappa shape index (κ1) is 18.5. The number of aryl methyl sites for hydroxylation is 2. The van der Waals surface area contributed by atoms with Gasteiger partial charge in [-0.2, -0.15) is 0 Å². The summed E-state index contributed by atoms with van der Waals surface area (Å²) in [5, 5.41) is 2.89. The van der Waals surface area contributed by atoms with Crippen LogP contribution in [0, 0.1) is 13.8 Å². The molecule has 0 aromatic heterocycles. The van der Waals surface area contributed by atoms with E-state index in [0.29, 0.717) is 11.4 Å². The van der Waals surface area contributed by atoms with Crippen molar-refractivity contribution in [1.29, 1.82) is 0 Å². The molecule has 0 unspecified atom stereocenters. The van der Waals surface area contributed by atoms with Gasteiger partial charge in [-0.25, -0.2) is 0 Å². The van der Waals surface area contributed by atoms with Crippen LogP contribution in [-0.2, 0) is 15.3 Å². The molecule has 1 heterocycles. The molecule has 0 spiro atoms. The minimum Gasteiger partial charge on any atom is -0.322 e. The molecule has 0 bridgehead atoms. The zero-order chi connectivity index (χ0) is 18.9. The number of nitrogens with zero attached hydrogens (tertiary/aromatic N) is 1. The largest absolute Gasteiger partial charge is 0.322 e. The van der Waals surface area contributed by atoms with Crippen LogP contribution >= 0.6 is 11.8 Å². The van der Waals surface area contributed by atoms with Crippen LogP contribution in [0.3, 0.4) is 0 Å². The van der Waals surface area contributed by atoms with Crippen LogP contribution in [0.5, 0.6) is 0 Å². The predicted molar refractivity (Wildman–Crippen MR) is 109 cm³/mol. The molecular formula is C21H24N2O2S. The van der Waals surface area contributed by atoms with Gasteiger partial charge in [0, 0.05) is 5.75 Å². The quantitative estimate of drug-likeness (QED) is 0.875. The molecule has 1 N–H and O–H groups in total. The lowest BCUT2D eigenvalue weighted by Crippen LogP contribution is -2.58. The van der Waals surface area contributed by atoms with Crippen molar-refractivity contribution < 1.29 is 9.59 Å². The van der Waals surface area contributed by atoms with Crippen molar-refractivity contribution in [1.82, 2.24) is 0 Å². The van der Waals surface area contributed by atoms with Gasteiger partial charge in [-0.15, -0.1) is 11.8 Å². The third-order valence-corrected chi connectivity index (χ3v) is 5.52. The summed E-state index contributed by atoms with van der Waals surface area (Å²) in [5.74, 6) is 0.893. The second-order valence-corrected chi connectivity index (χ2v) is 8.23. The second kappa shape index (κ2) is 7.16. The molecule has 2 aromatic rings. The highest BCUT2D eigenvalue weighted by molar-refractivity contribution is 7.99. The van der Waals surface area contributed by atoms with Gasteiger partial charge in [0.25, 0.3) is 0 Å². The third kappa shape index (κ3) is 3.63. The Morgan fingerprint density at radius 3 is 2.46 bits per heavy atom. The Hall–Kier alpha value is -2.27. The number of nitrogens with one attached hydrogen (secondary N) is 1. The van der Waals surface area contributed by atoms with Crippen LogP contribution in [0.15, 0.2) is 42.5 Å². The fourth-order valence-corrected chi connectivity index (χ4v) is 4.18. The van der Waals surface area contributed by atoms with E-state index in [9.17, 15) is 9.59 Å². The monoisotopic (exact) mass is 368 g/mol. The van der Waals surface area contributed by atoms with E-state index in [-0.39, 0.29) is 11.8 Å². The molecule has 136 valence electrons. The molecule has 2 aromatic carbocycles. The lowest BCUT2D eigenvalue weighted by molar-refractivity contribution is -0.125. The summed E-state index contributed by atoms with van der Waals surface area (Å²) in [6.07, 6.45) is 0. The SMILES string of the molecule is Cc1cc(C)cc(CSCC(=O)N2c3ccccc3NC(=O)C2(C)C)c1. The molecule has 3 rings (SSSR count). The molecule has 0 saturated heterocycles. The maximum absolute atomic E-state index is 13.0. The van der Waals surface area contributed by atoms with Crippen molar-refractivity contribution in [2.75, 3.05) is 16.0 Å². The van der Waals surface area contributed by atoms with Crippen molar-refractivity contribution in [2.45, 2.75) is 39.0 Å². The number of fused-ring (bicyclic) bond motifs is 1. The van der Waals surface area contributed by atoms with Crippen LogP contribution in [0.4, 0.5) is 11.4 Å². The predicted octanol–water partition coefficient (Wildman–Crippen LogP) is 4.30. The molecule has 1 aliphatic rings. The maximum atomic E-state index is 13.0. The fourth-order valence-electron chi connectivity index (χ4n) is 3.37. The van der Waals surface area contributed by atoms with E-state index >= 15 is 0 Å². The smallest absolute Gasteiger partial charge is 0.250 e. The van der Waals surface area contributed by atoms with Crippen molar-refractivity contribution in [3.8, 4) is 0 Å². The number of hydrogen-bond acceptors (Lipinski definition) is 3. The number of amides is 2. The molecular weight excluding hydrogens is 344 g/mol. The summed E-state index contributed by atoms with van der Waals surface area (Å²) >= 11 is 1.58. The van der Waals surface area contributed by atoms with Crippen LogP contribution in [0.25, 0.3) is 0 Å². The van der Waals surface area contributed by atoms with Crippen LogP contribution in [0.2, 0.25) is 0 Å². The molecule has 0 atom stereocenters. The van der Waals surface area contributed by atoms with Crippen molar-refractivity contribution in [2.24, 2.45) is 0 Å². The number of para-hydroxylation sites is 2. The van der Waals surface area contributed by atoms with Gasteiger partial charge in [0.1, 0.15) is 5.54 Å². The fraction of sp³-hybridized carbons (Fsp3) is 0.333. The average Bonchev–Trinajstić information content (AvgIpc) is 2.54. The molecule has 4 nitrogen and oxygen atoms in total. The van der Waals surface area contributed by atoms with Gasteiger partial charge in [-0.1, -0.05) is 41.5 Å². The molecule has 0 radical (unpaired) electrons. The lowest BCUT2D eigenvalue weighted by atomic mass is 9.96. The van der Waals surface area contributed by atoms with Gasteiger partial charge < -0.3 is 5.32 Å². The van der Waals surface area contributed by atoms with E-state index in [0.717, 1.165) is 11.4 Å². The van der Waals surface area contributed by atoms with Crippen molar-refractivity contribution in [3.05, 3.63) is 59.2 Å². The van der Waals surface area contributed by atoms with Crippen LogP contribution in [0.1, 0.15) is 30.5 Å². The first-order chi connectivity index (χ1) is 12.3. The van der Waals surface area contributed by atoms with E-state index in [2.05, 4.69) is 37.4 Å². The second-order valence-electron chi connectivity index (χ2n) is 7.25. The Labute approximate surface area is 159 Å². The molecule has 0 fully saturated rings. The highest BCUT2D eigenvalue weighted by Crippen LogP contribution is 2.37. The van der Waals surface area contributed by atoms with Crippen LogP contribution < -0.4 is 10.2 Å². The maximum Gasteiger partial charge on any atom is 0.250 e. The Balaban J connectivity index is 1.75. The first-order valence-corrected chi connectivity index (χ1v) is 9.83. The number of carbonyl (C=O) groups is 2. The number of benzene rings is 2. The third-order valence-electron chi connectivity index (χ3n) is 4.53. The van der Waals surface area contributed by atoms with Gasteiger partial charge in [0.2, 0.25) is 11.8 Å². The minimum atomic E-state index is -0.911.